The molecule has 0 amide bonds. The van der Waals surface area contributed by atoms with E-state index in [1.54, 1.807) is 0 Å². The van der Waals surface area contributed by atoms with Crippen molar-refractivity contribution in [3.63, 3.8) is 0 Å². The lowest BCUT2D eigenvalue weighted by molar-refractivity contribution is 0.670. The lowest BCUT2D eigenvalue weighted by Crippen LogP contribution is -2.10. The van der Waals surface area contributed by atoms with E-state index >= 15 is 0 Å². The molecule has 0 aliphatic heterocycles. The van der Waals surface area contributed by atoms with E-state index in [1.165, 1.54) is 20.2 Å². The number of hydrogen-bond donors (Lipinski definition) is 0. The second-order valence-corrected chi connectivity index (χ2v) is 15.1. The summed E-state index contributed by atoms with van der Waals surface area (Å²) in [5, 5.41) is 4.64. The molecule has 8 aromatic carbocycles. The lowest BCUT2D eigenvalue weighted by Gasteiger charge is -2.26. The fourth-order valence-corrected chi connectivity index (χ4v) is 8.97. The predicted molar refractivity (Wildman–Crippen MR) is 236 cm³/mol. The summed E-state index contributed by atoms with van der Waals surface area (Å²) >= 11 is 1.84. The van der Waals surface area contributed by atoms with Crippen molar-refractivity contribution in [3.8, 4) is 45.3 Å². The van der Waals surface area contributed by atoms with Crippen molar-refractivity contribution in [2.45, 2.75) is 0 Å². The highest BCUT2D eigenvalue weighted by atomic mass is 32.1. The van der Waals surface area contributed by atoms with Crippen LogP contribution >= 0.6 is 11.3 Å². The molecule has 11 aromatic rings. The van der Waals surface area contributed by atoms with Gasteiger partial charge in [-0.25, -0.2) is 15.0 Å². The second-order valence-electron chi connectivity index (χ2n) is 14.0. The normalized spacial score (nSPS) is 11.5. The Morgan fingerprint density at radius 2 is 0.965 bits per heavy atom. The van der Waals surface area contributed by atoms with E-state index in [0.717, 1.165) is 66.8 Å². The van der Waals surface area contributed by atoms with Crippen molar-refractivity contribution < 1.29 is 4.42 Å². The van der Waals surface area contributed by atoms with Crippen LogP contribution in [0.25, 0.3) is 87.4 Å². The maximum absolute atomic E-state index is 6.75. The zero-order valence-corrected chi connectivity index (χ0v) is 31.4. The smallest absolute Gasteiger partial charge is 0.164 e. The standard InChI is InChI=1S/C51H32N4OS/c1-4-14-34(15-5-1)49-52-50(35-16-6-2-7-17-35)54-51(53-49)36-28-31-40-41-22-12-21-39(48(41)56-44(40)32-36)33-26-29-38(30-27-33)55(37-18-8-3-9-19-37)43-23-13-25-46-47(43)42-20-10-11-24-45(42)57-46/h1-32H. The second kappa shape index (κ2) is 13.7. The van der Waals surface area contributed by atoms with Gasteiger partial charge in [-0.15, -0.1) is 11.3 Å². The molecule has 0 saturated carbocycles. The Kier molecular flexibility index (Phi) is 7.93. The molecule has 0 aliphatic rings. The van der Waals surface area contributed by atoms with E-state index in [0.29, 0.717) is 17.5 Å². The van der Waals surface area contributed by atoms with Crippen LogP contribution in [0.2, 0.25) is 0 Å². The molecule has 0 bridgehead atoms. The van der Waals surface area contributed by atoms with Gasteiger partial charge in [0, 0.05) is 64.6 Å². The molecule has 3 aromatic heterocycles. The van der Waals surface area contributed by atoms with Gasteiger partial charge >= 0.3 is 0 Å². The minimum atomic E-state index is 0.593. The van der Waals surface area contributed by atoms with Gasteiger partial charge in [0.15, 0.2) is 17.5 Å². The number of para-hydroxylation sites is 2. The van der Waals surface area contributed by atoms with Crippen molar-refractivity contribution in [2.24, 2.45) is 0 Å². The highest BCUT2D eigenvalue weighted by Gasteiger charge is 2.20. The monoisotopic (exact) mass is 748 g/mol. The van der Waals surface area contributed by atoms with E-state index in [4.69, 9.17) is 19.4 Å². The Labute approximate surface area is 332 Å². The average molecular weight is 749 g/mol. The van der Waals surface area contributed by atoms with Crippen LogP contribution < -0.4 is 4.90 Å². The topological polar surface area (TPSA) is 55.1 Å². The van der Waals surface area contributed by atoms with Crippen molar-refractivity contribution in [2.75, 3.05) is 4.90 Å². The van der Waals surface area contributed by atoms with Crippen LogP contribution in [0.4, 0.5) is 17.1 Å². The van der Waals surface area contributed by atoms with Crippen LogP contribution in [-0.2, 0) is 0 Å². The van der Waals surface area contributed by atoms with E-state index < -0.39 is 0 Å². The van der Waals surface area contributed by atoms with E-state index in [9.17, 15) is 0 Å². The van der Waals surface area contributed by atoms with E-state index in [1.807, 2.05) is 78.1 Å². The maximum Gasteiger partial charge on any atom is 0.164 e. The molecule has 268 valence electrons. The largest absolute Gasteiger partial charge is 0.455 e. The van der Waals surface area contributed by atoms with Gasteiger partial charge in [-0.2, -0.15) is 0 Å². The lowest BCUT2D eigenvalue weighted by atomic mass is 10.0. The molecular formula is C51H32N4OS. The maximum atomic E-state index is 6.75. The van der Waals surface area contributed by atoms with Gasteiger partial charge in [-0.05, 0) is 60.2 Å². The first kappa shape index (κ1) is 33.0. The number of nitrogens with zero attached hydrogens (tertiary/aromatic N) is 4. The number of thiophene rings is 1. The molecular weight excluding hydrogens is 717 g/mol. The summed E-state index contributed by atoms with van der Waals surface area (Å²) in [7, 11) is 0. The molecule has 57 heavy (non-hydrogen) atoms. The molecule has 0 aliphatic carbocycles. The Morgan fingerprint density at radius 1 is 0.404 bits per heavy atom. The Balaban J connectivity index is 1.000. The van der Waals surface area contributed by atoms with Gasteiger partial charge in [0.25, 0.3) is 0 Å². The van der Waals surface area contributed by atoms with Crippen LogP contribution in [0.5, 0.6) is 0 Å². The van der Waals surface area contributed by atoms with Crippen LogP contribution in [0.1, 0.15) is 0 Å². The Hall–Kier alpha value is -7.41. The fourth-order valence-electron chi connectivity index (χ4n) is 7.84. The molecule has 6 heteroatoms. The predicted octanol–water partition coefficient (Wildman–Crippen LogP) is 14.3. The molecule has 0 radical (unpaired) electrons. The molecule has 0 saturated heterocycles. The molecule has 11 rings (SSSR count). The summed E-state index contributed by atoms with van der Waals surface area (Å²) in [6, 6.07) is 67.4. The third-order valence-electron chi connectivity index (χ3n) is 10.5. The van der Waals surface area contributed by atoms with E-state index in [2.05, 4.69) is 132 Å². The number of fused-ring (bicyclic) bond motifs is 6. The van der Waals surface area contributed by atoms with Gasteiger partial charge in [-0.1, -0.05) is 140 Å². The van der Waals surface area contributed by atoms with Crippen LogP contribution in [0, 0.1) is 0 Å². The van der Waals surface area contributed by atoms with Crippen LogP contribution in [0.15, 0.2) is 199 Å². The summed E-state index contributed by atoms with van der Waals surface area (Å²) < 4.78 is 9.31. The Bertz CT molecular complexity index is 3170. The quantitative estimate of drug-likeness (QED) is 0.162. The highest BCUT2D eigenvalue weighted by molar-refractivity contribution is 7.26. The number of benzene rings is 8. The third-order valence-corrected chi connectivity index (χ3v) is 11.7. The molecule has 3 heterocycles. The first-order valence-electron chi connectivity index (χ1n) is 18.9. The van der Waals surface area contributed by atoms with Crippen molar-refractivity contribution in [1.82, 2.24) is 15.0 Å². The number of furan rings is 1. The van der Waals surface area contributed by atoms with Gasteiger partial charge in [0.05, 0.1) is 5.69 Å². The zero-order valence-electron chi connectivity index (χ0n) is 30.6. The van der Waals surface area contributed by atoms with E-state index in [-0.39, 0.29) is 0 Å². The summed E-state index contributed by atoms with van der Waals surface area (Å²) in [5.41, 5.74) is 9.80. The SMILES string of the molecule is c1ccc(-c2nc(-c3ccccc3)nc(-c3ccc4c(c3)oc3c(-c5ccc(N(c6ccccc6)c6cccc7sc8ccccc8c67)cc5)cccc34)n2)cc1. The number of hydrogen-bond acceptors (Lipinski definition) is 6. The van der Waals surface area contributed by atoms with Gasteiger partial charge in [0.2, 0.25) is 0 Å². The zero-order chi connectivity index (χ0) is 37.7. The van der Waals surface area contributed by atoms with Gasteiger partial charge < -0.3 is 9.32 Å². The first-order valence-corrected chi connectivity index (χ1v) is 19.8. The molecule has 0 fully saturated rings. The first-order chi connectivity index (χ1) is 28.2. The highest BCUT2D eigenvalue weighted by Crippen LogP contribution is 2.45. The average Bonchev–Trinajstić information content (AvgIpc) is 3.86. The van der Waals surface area contributed by atoms with Crippen molar-refractivity contribution >= 4 is 70.5 Å². The van der Waals surface area contributed by atoms with Crippen LogP contribution in [-0.4, -0.2) is 15.0 Å². The summed E-state index contributed by atoms with van der Waals surface area (Å²) in [6.07, 6.45) is 0. The minimum absolute atomic E-state index is 0.593. The number of aromatic nitrogens is 3. The third kappa shape index (κ3) is 5.82. The molecule has 0 unspecified atom stereocenters. The van der Waals surface area contributed by atoms with Crippen LogP contribution in [0.3, 0.4) is 0 Å². The molecule has 5 nitrogen and oxygen atoms in total. The molecule has 0 N–H and O–H groups in total. The number of rotatable bonds is 7. The summed E-state index contributed by atoms with van der Waals surface area (Å²) in [4.78, 5) is 17.1. The number of anilines is 3. The fraction of sp³-hybridized carbons (Fsp3) is 0. The van der Waals surface area contributed by atoms with Crippen molar-refractivity contribution in [3.05, 3.63) is 194 Å². The van der Waals surface area contributed by atoms with Gasteiger partial charge in [0.1, 0.15) is 11.2 Å². The summed E-state index contributed by atoms with van der Waals surface area (Å²) in [6.45, 7) is 0. The molecule has 0 atom stereocenters. The minimum Gasteiger partial charge on any atom is -0.455 e. The van der Waals surface area contributed by atoms with Gasteiger partial charge in [-0.3, -0.25) is 0 Å². The summed E-state index contributed by atoms with van der Waals surface area (Å²) in [5.74, 6) is 1.84. The van der Waals surface area contributed by atoms with Crippen molar-refractivity contribution in [1.29, 1.82) is 0 Å². The molecule has 0 spiro atoms. The Morgan fingerprint density at radius 3 is 1.68 bits per heavy atom.